The van der Waals surface area contributed by atoms with Crippen LogP contribution >= 0.6 is 23.2 Å². The van der Waals surface area contributed by atoms with Crippen LogP contribution in [-0.4, -0.2) is 66.4 Å². The van der Waals surface area contributed by atoms with Gasteiger partial charge < -0.3 is 30.3 Å². The SMILES string of the molecule is COc1ccc(CNS(=O)(=O)c2cc([N+](=O)[O-])cc(F)c2F)c(OC)c1.NS(=O)(=O)c1cc(NC(=O)Cc2cccc(F)c2Cl)ccc1O.NS(=O)(=O)c1cc(NC(=O)Cc2ccccc2Cl)ccc1O. The summed E-state index contributed by atoms with van der Waals surface area (Å²) in [6, 6.07) is 23.3. The van der Waals surface area contributed by atoms with Crippen molar-refractivity contribution in [1.29, 1.82) is 0 Å². The molecule has 0 fully saturated rings. The first-order valence-corrected chi connectivity index (χ1v) is 24.8. The van der Waals surface area contributed by atoms with E-state index in [0.29, 0.717) is 39.8 Å². The second-order valence-electron chi connectivity index (χ2n) is 14.2. The van der Waals surface area contributed by atoms with Gasteiger partial charge in [-0.25, -0.2) is 53.4 Å². The van der Waals surface area contributed by atoms with Crippen molar-refractivity contribution in [1.82, 2.24) is 4.72 Å². The van der Waals surface area contributed by atoms with Crippen LogP contribution in [0.4, 0.5) is 30.2 Å². The molecule has 0 aliphatic heterocycles. The molecule has 6 aromatic carbocycles. The summed E-state index contributed by atoms with van der Waals surface area (Å²) in [4.78, 5) is 31.5. The second kappa shape index (κ2) is 24.2. The second-order valence-corrected chi connectivity index (χ2v) is 19.8. The number of rotatable bonds is 15. The maximum Gasteiger partial charge on any atom is 0.273 e. The van der Waals surface area contributed by atoms with Gasteiger partial charge in [-0.05, 0) is 65.7 Å². The van der Waals surface area contributed by atoms with Crippen LogP contribution in [0, 0.1) is 27.6 Å². The highest BCUT2D eigenvalue weighted by Crippen LogP contribution is 2.29. The smallest absolute Gasteiger partial charge is 0.273 e. The van der Waals surface area contributed by atoms with Crippen molar-refractivity contribution in [2.75, 3.05) is 24.9 Å². The highest BCUT2D eigenvalue weighted by atomic mass is 35.5. The summed E-state index contributed by atoms with van der Waals surface area (Å²) in [6.45, 7) is -0.320. The van der Waals surface area contributed by atoms with E-state index in [1.807, 2.05) is 0 Å². The Labute approximate surface area is 413 Å². The van der Waals surface area contributed by atoms with Gasteiger partial charge in [0, 0.05) is 40.6 Å². The van der Waals surface area contributed by atoms with Crippen molar-refractivity contribution >= 4 is 82.1 Å². The fraction of sp³-hybridized carbons (Fsp3) is 0.116. The Hall–Kier alpha value is -7.04. The molecule has 20 nitrogen and oxygen atoms in total. The van der Waals surface area contributed by atoms with Crippen LogP contribution in [0.25, 0.3) is 0 Å². The molecule has 0 radical (unpaired) electrons. The van der Waals surface area contributed by atoms with Crippen molar-refractivity contribution in [2.45, 2.75) is 34.1 Å². The Bertz CT molecular complexity index is 3340. The van der Waals surface area contributed by atoms with Crippen LogP contribution in [0.3, 0.4) is 0 Å². The Kier molecular flexibility index (Phi) is 19.3. The number of ether oxygens (including phenoxy) is 2. The van der Waals surface area contributed by atoms with Crippen molar-refractivity contribution < 1.29 is 72.6 Å². The van der Waals surface area contributed by atoms with Gasteiger partial charge in [0.2, 0.25) is 41.9 Å². The van der Waals surface area contributed by atoms with Crippen LogP contribution in [0.15, 0.2) is 124 Å². The van der Waals surface area contributed by atoms with Crippen molar-refractivity contribution in [2.24, 2.45) is 10.3 Å². The predicted octanol–water partition coefficient (Wildman–Crippen LogP) is 6.26. The van der Waals surface area contributed by atoms with Gasteiger partial charge in [0.25, 0.3) is 5.69 Å². The number of nitro benzene ring substituents is 1. The molecule has 9 N–H and O–H groups in total. The van der Waals surface area contributed by atoms with E-state index in [9.17, 15) is 68.3 Å². The number of nitrogens with one attached hydrogen (secondary N) is 3. The highest BCUT2D eigenvalue weighted by Gasteiger charge is 2.27. The lowest BCUT2D eigenvalue weighted by Gasteiger charge is -2.12. The minimum Gasteiger partial charge on any atom is -0.507 e. The number of nitrogens with zero attached hydrogens (tertiary/aromatic N) is 1. The number of benzene rings is 6. The summed E-state index contributed by atoms with van der Waals surface area (Å²) in [5.74, 6) is -5.13. The summed E-state index contributed by atoms with van der Waals surface area (Å²) in [5.41, 5.74) is 0.763. The number of anilines is 2. The first-order chi connectivity index (χ1) is 33.1. The van der Waals surface area contributed by atoms with Crippen LogP contribution < -0.4 is 35.1 Å². The number of carbonyl (C=O) groups is 2. The average Bonchev–Trinajstić information content (AvgIpc) is 3.29. The third kappa shape index (κ3) is 16.0. The first-order valence-electron chi connectivity index (χ1n) is 19.5. The molecule has 0 aromatic heterocycles. The standard InChI is InChI=1S/C15H14F2N2O6S.C14H12ClFN2O4S.C14H13ClN2O4S/c1-24-11-4-3-9(13(7-11)25-2)8-18-26(22,23)14-6-10(19(20)21)5-12(16)15(14)17;15-14-8(2-1-3-10(14)16)6-13(20)18-9-4-5-11(19)12(7-9)23(17,21)22;15-11-4-2-1-3-9(11)7-14(19)17-10-5-6-12(18)13(8-10)22(16,20)21/h3-7,18H,8H2,1-2H3;1-5,7,19H,6H2,(H,18,20)(H2,17,21,22);1-6,8,18H,7H2,(H,17,19)(H2,16,20,21). The molecule has 0 aliphatic rings. The quantitative estimate of drug-likeness (QED) is 0.0339. The molecule has 0 saturated carbocycles. The lowest BCUT2D eigenvalue weighted by atomic mass is 10.1. The van der Waals surface area contributed by atoms with E-state index in [1.165, 1.54) is 56.7 Å². The average molecular weight is 1090 g/mol. The van der Waals surface area contributed by atoms with E-state index < -0.39 is 90.2 Å². The van der Waals surface area contributed by atoms with Gasteiger partial charge in [-0.1, -0.05) is 59.6 Å². The number of hydrogen-bond donors (Lipinski definition) is 7. The lowest BCUT2D eigenvalue weighted by Crippen LogP contribution is -2.25. The molecule has 0 atom stereocenters. The molecule has 2 amide bonds. The molecular formula is C43H39Cl2F3N6O14S3. The van der Waals surface area contributed by atoms with Crippen LogP contribution in [-0.2, 0) is 59.0 Å². The van der Waals surface area contributed by atoms with Crippen molar-refractivity contribution in [3.8, 4) is 23.0 Å². The third-order valence-electron chi connectivity index (χ3n) is 9.22. The normalized spacial score (nSPS) is 11.2. The molecule has 71 heavy (non-hydrogen) atoms. The number of nitrogens with two attached hydrogens (primary N) is 2. The molecule has 0 saturated heterocycles. The molecular weight excluding hydrogens is 1050 g/mol. The molecule has 378 valence electrons. The molecule has 0 bridgehead atoms. The van der Waals surface area contributed by atoms with E-state index >= 15 is 0 Å². The van der Waals surface area contributed by atoms with E-state index in [1.54, 1.807) is 30.3 Å². The van der Waals surface area contributed by atoms with E-state index in [-0.39, 0.29) is 47.3 Å². The van der Waals surface area contributed by atoms with Gasteiger partial charge in [-0.15, -0.1) is 0 Å². The highest BCUT2D eigenvalue weighted by molar-refractivity contribution is 7.90. The monoisotopic (exact) mass is 1090 g/mol. The van der Waals surface area contributed by atoms with Gasteiger partial charge in [-0.2, -0.15) is 0 Å². The number of primary sulfonamides is 2. The zero-order chi connectivity index (χ0) is 53.0. The Morgan fingerprint density at radius 2 is 1.20 bits per heavy atom. The number of sulfonamides is 3. The van der Waals surface area contributed by atoms with Gasteiger partial charge in [0.15, 0.2) is 11.6 Å². The summed E-state index contributed by atoms with van der Waals surface area (Å²) < 4.78 is 123. The zero-order valence-corrected chi connectivity index (χ0v) is 40.5. The first kappa shape index (κ1) is 56.5. The predicted molar refractivity (Wildman–Crippen MR) is 253 cm³/mol. The topological polar surface area (TPSA) is 327 Å². The molecule has 6 aromatic rings. The van der Waals surface area contributed by atoms with Gasteiger partial charge in [-0.3, -0.25) is 19.7 Å². The molecule has 0 unspecified atom stereocenters. The number of aromatic hydroxyl groups is 2. The summed E-state index contributed by atoms with van der Waals surface area (Å²) in [6.07, 6.45) is -0.173. The number of methoxy groups -OCH3 is 2. The molecule has 28 heteroatoms. The number of carbonyl (C=O) groups excluding carboxylic acids is 2. The molecule has 0 spiro atoms. The Balaban J connectivity index is 0.000000232. The van der Waals surface area contributed by atoms with E-state index in [2.05, 4.69) is 15.4 Å². The number of non-ortho nitro benzene ring substituents is 1. The molecule has 0 aliphatic carbocycles. The largest absolute Gasteiger partial charge is 0.507 e. The number of halogens is 5. The fourth-order valence-electron chi connectivity index (χ4n) is 5.82. The number of nitro groups is 1. The summed E-state index contributed by atoms with van der Waals surface area (Å²) >= 11 is 11.7. The van der Waals surface area contributed by atoms with Crippen LogP contribution in [0.5, 0.6) is 23.0 Å². The van der Waals surface area contributed by atoms with Gasteiger partial charge in [0.1, 0.15) is 43.5 Å². The Morgan fingerprint density at radius 1 is 0.662 bits per heavy atom. The zero-order valence-electron chi connectivity index (χ0n) is 36.5. The van der Waals surface area contributed by atoms with Crippen LogP contribution in [0.1, 0.15) is 16.7 Å². The maximum absolute atomic E-state index is 13.9. The van der Waals surface area contributed by atoms with Crippen molar-refractivity contribution in [3.05, 3.63) is 163 Å². The van der Waals surface area contributed by atoms with Crippen LogP contribution in [0.2, 0.25) is 10.0 Å². The van der Waals surface area contributed by atoms with Gasteiger partial charge in [0.05, 0.1) is 43.1 Å². The molecule has 0 heterocycles. The number of hydrogen-bond acceptors (Lipinski definition) is 14. The number of amides is 2. The van der Waals surface area contributed by atoms with Crippen molar-refractivity contribution in [3.63, 3.8) is 0 Å². The minimum atomic E-state index is -4.56. The molecule has 6 rings (SSSR count). The minimum absolute atomic E-state index is 0.0330. The van der Waals surface area contributed by atoms with E-state index in [4.69, 9.17) is 43.0 Å². The summed E-state index contributed by atoms with van der Waals surface area (Å²) in [7, 11) is -9.97. The number of phenolic OH excluding ortho intramolecular Hbond substituents is 2. The summed E-state index contributed by atoms with van der Waals surface area (Å²) in [5, 5.41) is 44.9. The maximum atomic E-state index is 13.9. The van der Waals surface area contributed by atoms with Gasteiger partial charge >= 0.3 is 0 Å². The van der Waals surface area contributed by atoms with E-state index in [0.717, 1.165) is 24.3 Å². The Morgan fingerprint density at radius 3 is 1.70 bits per heavy atom. The number of phenols is 2. The third-order valence-corrected chi connectivity index (χ3v) is 13.3. The lowest BCUT2D eigenvalue weighted by molar-refractivity contribution is -0.385. The fourth-order valence-corrected chi connectivity index (χ4v) is 8.63.